The van der Waals surface area contributed by atoms with E-state index >= 15 is 4.39 Å². The van der Waals surface area contributed by atoms with Gasteiger partial charge >= 0.3 is 5.97 Å². The number of carbonyl (C=O) groups is 1. The Kier molecular flexibility index (Phi) is 5.40. The van der Waals surface area contributed by atoms with Crippen molar-refractivity contribution in [1.82, 2.24) is 0 Å². The summed E-state index contributed by atoms with van der Waals surface area (Å²) in [7, 11) is 1.20. The Hall–Kier alpha value is -2.89. The van der Waals surface area contributed by atoms with Crippen LogP contribution in [0.5, 0.6) is 0 Å². The van der Waals surface area contributed by atoms with E-state index in [0.29, 0.717) is 24.1 Å². The third-order valence-electron chi connectivity index (χ3n) is 4.95. The molecule has 0 radical (unpaired) electrons. The van der Waals surface area contributed by atoms with Gasteiger partial charge in [-0.25, -0.2) is 22.4 Å². The first-order chi connectivity index (χ1) is 13.3. The van der Waals surface area contributed by atoms with Crippen LogP contribution in [0.1, 0.15) is 47.3 Å². The Balaban J connectivity index is 2.37. The fraction of sp³-hybridized carbons (Fsp3) is 0.227. The minimum absolute atomic E-state index is 0.0644. The highest BCUT2D eigenvalue weighted by Gasteiger charge is 2.27. The fourth-order valence-corrected chi connectivity index (χ4v) is 3.44. The van der Waals surface area contributed by atoms with Crippen molar-refractivity contribution in [2.75, 3.05) is 7.11 Å². The molecule has 0 fully saturated rings. The van der Waals surface area contributed by atoms with Gasteiger partial charge in [-0.15, -0.1) is 0 Å². The van der Waals surface area contributed by atoms with Gasteiger partial charge in [-0.1, -0.05) is 19.1 Å². The smallest absolute Gasteiger partial charge is 0.337 e. The Bertz CT molecular complexity index is 998. The maximum Gasteiger partial charge on any atom is 0.337 e. The minimum Gasteiger partial charge on any atom is -0.465 e. The van der Waals surface area contributed by atoms with Crippen molar-refractivity contribution in [2.45, 2.75) is 20.3 Å². The number of ether oxygens (including phenoxy) is 1. The summed E-state index contributed by atoms with van der Waals surface area (Å²) in [5.41, 5.74) is 0.360. The van der Waals surface area contributed by atoms with Crippen molar-refractivity contribution >= 4 is 17.4 Å². The monoisotopic (exact) mass is 390 g/mol. The van der Waals surface area contributed by atoms with E-state index < -0.39 is 40.7 Å². The lowest BCUT2D eigenvalue weighted by atomic mass is 9.90. The van der Waals surface area contributed by atoms with Crippen molar-refractivity contribution < 1.29 is 27.1 Å². The molecule has 3 rings (SSSR count). The van der Waals surface area contributed by atoms with Crippen LogP contribution in [0.15, 0.2) is 42.0 Å². The first-order valence-electron chi connectivity index (χ1n) is 8.74. The van der Waals surface area contributed by atoms with Gasteiger partial charge in [-0.2, -0.15) is 0 Å². The first kappa shape index (κ1) is 19.9. The largest absolute Gasteiger partial charge is 0.465 e. The molecule has 0 N–H and O–H groups in total. The number of benzene rings is 2. The molecule has 0 saturated carbocycles. The lowest BCUT2D eigenvalue weighted by Gasteiger charge is -2.15. The first-order valence-corrected chi connectivity index (χ1v) is 8.74. The summed E-state index contributed by atoms with van der Waals surface area (Å²) >= 11 is 0. The topological polar surface area (TPSA) is 26.3 Å². The van der Waals surface area contributed by atoms with Gasteiger partial charge in [-0.3, -0.25) is 0 Å². The highest BCUT2D eigenvalue weighted by molar-refractivity contribution is 5.95. The van der Waals surface area contributed by atoms with E-state index in [0.717, 1.165) is 0 Å². The minimum atomic E-state index is -1.10. The second-order valence-electron chi connectivity index (χ2n) is 6.59. The van der Waals surface area contributed by atoms with E-state index in [1.807, 2.05) is 6.92 Å². The van der Waals surface area contributed by atoms with E-state index in [9.17, 15) is 18.0 Å². The summed E-state index contributed by atoms with van der Waals surface area (Å²) in [5, 5.41) is 0. The van der Waals surface area contributed by atoms with Gasteiger partial charge in [0.05, 0.1) is 18.2 Å². The van der Waals surface area contributed by atoms with Gasteiger partial charge < -0.3 is 4.74 Å². The Labute approximate surface area is 160 Å². The number of methoxy groups -OCH3 is 1. The van der Waals surface area contributed by atoms with Crippen molar-refractivity contribution in [3.8, 4) is 0 Å². The molecule has 2 nitrogen and oxygen atoms in total. The van der Waals surface area contributed by atoms with Crippen LogP contribution in [-0.2, 0) is 4.74 Å². The molecule has 0 heterocycles. The van der Waals surface area contributed by atoms with Gasteiger partial charge in [0.25, 0.3) is 0 Å². The SMILES string of the molecule is CCC1C=C(c2c(F)cc(F)cc2F)c2cc(C(=O)OC)ccc2C(F)=C1C. The molecule has 0 aliphatic heterocycles. The van der Waals surface area contributed by atoms with Crippen LogP contribution in [0.3, 0.4) is 0 Å². The Morgan fingerprint density at radius 2 is 1.68 bits per heavy atom. The van der Waals surface area contributed by atoms with Crippen LogP contribution in [0.2, 0.25) is 0 Å². The number of rotatable bonds is 3. The van der Waals surface area contributed by atoms with Crippen LogP contribution in [-0.4, -0.2) is 13.1 Å². The molecule has 0 bridgehead atoms. The molecular weight excluding hydrogens is 372 g/mol. The molecule has 0 amide bonds. The molecule has 6 heteroatoms. The molecule has 2 aromatic carbocycles. The standard InChI is InChI=1S/C22H18F4O2/c1-4-12-7-17(20-18(24)9-14(23)10-19(20)25)16-8-13(22(27)28-3)5-6-15(16)21(26)11(12)2/h5-10,12H,4H2,1-3H3. The number of hydrogen-bond acceptors (Lipinski definition) is 2. The quantitative estimate of drug-likeness (QED) is 0.470. The molecule has 146 valence electrons. The number of carbonyl (C=O) groups excluding carboxylic acids is 1. The molecule has 0 aromatic heterocycles. The Morgan fingerprint density at radius 3 is 2.25 bits per heavy atom. The normalized spacial score (nSPS) is 16.4. The van der Waals surface area contributed by atoms with Gasteiger partial charge in [0.1, 0.15) is 23.3 Å². The number of allylic oxidation sites excluding steroid dienone is 2. The molecule has 28 heavy (non-hydrogen) atoms. The lowest BCUT2D eigenvalue weighted by molar-refractivity contribution is 0.0600. The predicted octanol–water partition coefficient (Wildman–Crippen LogP) is 6.06. The summed E-state index contributed by atoms with van der Waals surface area (Å²) < 4.78 is 62.3. The molecule has 1 atom stereocenters. The van der Waals surface area contributed by atoms with Crippen LogP contribution >= 0.6 is 0 Å². The third-order valence-corrected chi connectivity index (χ3v) is 4.95. The average molecular weight is 390 g/mol. The number of esters is 1. The van der Waals surface area contributed by atoms with Crippen molar-refractivity contribution in [2.24, 2.45) is 5.92 Å². The molecule has 1 aliphatic carbocycles. The average Bonchev–Trinajstić information content (AvgIpc) is 2.76. The molecule has 0 saturated heterocycles. The number of fused-ring (bicyclic) bond motifs is 1. The van der Waals surface area contributed by atoms with Crippen molar-refractivity contribution in [3.63, 3.8) is 0 Å². The summed E-state index contributed by atoms with van der Waals surface area (Å²) in [6.07, 6.45) is 2.05. The number of halogens is 4. The molecule has 1 aliphatic rings. The maximum absolute atomic E-state index is 15.1. The van der Waals surface area contributed by atoms with Crippen LogP contribution in [0.4, 0.5) is 17.6 Å². The highest BCUT2D eigenvalue weighted by Crippen LogP contribution is 2.41. The van der Waals surface area contributed by atoms with Crippen LogP contribution in [0.25, 0.3) is 11.4 Å². The summed E-state index contributed by atoms with van der Waals surface area (Å²) in [6, 6.07) is 5.25. The van der Waals surface area contributed by atoms with Crippen molar-refractivity contribution in [3.05, 3.63) is 81.7 Å². The van der Waals surface area contributed by atoms with Gasteiger partial charge in [-0.05, 0) is 42.2 Å². The third kappa shape index (κ3) is 3.35. The zero-order valence-corrected chi connectivity index (χ0v) is 15.6. The van der Waals surface area contributed by atoms with Crippen molar-refractivity contribution in [1.29, 1.82) is 0 Å². The lowest BCUT2D eigenvalue weighted by Crippen LogP contribution is -2.05. The second-order valence-corrected chi connectivity index (χ2v) is 6.59. The second kappa shape index (κ2) is 7.62. The van der Waals surface area contributed by atoms with E-state index in [1.165, 1.54) is 25.3 Å². The summed E-state index contributed by atoms with van der Waals surface area (Å²) in [4.78, 5) is 11.9. The van der Waals surface area contributed by atoms with Gasteiger partial charge in [0.15, 0.2) is 0 Å². The Morgan fingerprint density at radius 1 is 1.04 bits per heavy atom. The molecule has 0 spiro atoms. The highest BCUT2D eigenvalue weighted by atomic mass is 19.1. The van der Waals surface area contributed by atoms with E-state index in [1.54, 1.807) is 13.0 Å². The van der Waals surface area contributed by atoms with Gasteiger partial charge in [0.2, 0.25) is 0 Å². The maximum atomic E-state index is 15.1. The fourth-order valence-electron chi connectivity index (χ4n) is 3.44. The van der Waals surface area contributed by atoms with E-state index in [4.69, 9.17) is 4.74 Å². The van der Waals surface area contributed by atoms with Gasteiger partial charge in [0, 0.05) is 23.6 Å². The van der Waals surface area contributed by atoms with Crippen LogP contribution in [0, 0.1) is 23.4 Å². The van der Waals surface area contributed by atoms with Crippen LogP contribution < -0.4 is 0 Å². The zero-order valence-electron chi connectivity index (χ0n) is 15.6. The predicted molar refractivity (Wildman–Crippen MR) is 98.7 cm³/mol. The summed E-state index contributed by atoms with van der Waals surface area (Å²) in [5.74, 6) is -4.87. The zero-order chi connectivity index (χ0) is 20.6. The summed E-state index contributed by atoms with van der Waals surface area (Å²) in [6.45, 7) is 3.43. The molecule has 1 unspecified atom stereocenters. The van der Waals surface area contributed by atoms with E-state index in [2.05, 4.69) is 0 Å². The number of hydrogen-bond donors (Lipinski definition) is 0. The molecule has 2 aromatic rings. The molecular formula is C22H18F4O2. The van der Waals surface area contributed by atoms with E-state index in [-0.39, 0.29) is 22.3 Å².